The number of benzene rings is 4. The summed E-state index contributed by atoms with van der Waals surface area (Å²) in [5.41, 5.74) is 4.25. The molecule has 7 heteroatoms. The van der Waals surface area contributed by atoms with Crippen molar-refractivity contribution in [3.05, 3.63) is 144 Å². The van der Waals surface area contributed by atoms with E-state index < -0.39 is 39.0 Å². The van der Waals surface area contributed by atoms with Gasteiger partial charge >= 0.3 is 0 Å². The zero-order chi connectivity index (χ0) is 33.1. The highest BCUT2D eigenvalue weighted by Gasteiger charge is 2.50. The lowest BCUT2D eigenvalue weighted by atomic mass is 9.97. The van der Waals surface area contributed by atoms with Crippen molar-refractivity contribution < 1.29 is 28.1 Å². The van der Waals surface area contributed by atoms with Gasteiger partial charge in [0.15, 0.2) is 14.6 Å². The van der Waals surface area contributed by atoms with E-state index in [4.69, 9.17) is 28.1 Å². The van der Waals surface area contributed by atoms with Gasteiger partial charge in [0, 0.05) is 0 Å². The molecule has 0 amide bonds. The van der Waals surface area contributed by atoms with Gasteiger partial charge in [0.05, 0.1) is 33.0 Å². The molecule has 0 unspecified atom stereocenters. The highest BCUT2D eigenvalue weighted by Crippen LogP contribution is 2.38. The molecule has 0 spiro atoms. The van der Waals surface area contributed by atoms with Crippen LogP contribution < -0.4 is 0 Å². The molecule has 0 N–H and O–H groups in total. The lowest BCUT2D eigenvalue weighted by molar-refractivity contribution is -0.328. The van der Waals surface area contributed by atoms with Gasteiger partial charge in [0.25, 0.3) is 0 Å². The van der Waals surface area contributed by atoms with Gasteiger partial charge in [-0.2, -0.15) is 0 Å². The van der Waals surface area contributed by atoms with Gasteiger partial charge in [0.2, 0.25) is 0 Å². The van der Waals surface area contributed by atoms with Gasteiger partial charge in [-0.05, 0) is 40.4 Å². The van der Waals surface area contributed by atoms with Crippen LogP contribution in [0.4, 0.5) is 0 Å². The Kier molecular flexibility index (Phi) is 12.6. The Morgan fingerprint density at radius 2 is 0.872 bits per heavy atom. The molecule has 5 rings (SSSR count). The van der Waals surface area contributed by atoms with Gasteiger partial charge in [-0.15, -0.1) is 0 Å². The molecular weight excluding hydrogens is 605 g/mol. The third-order valence-corrected chi connectivity index (χ3v) is 13.6. The van der Waals surface area contributed by atoms with Crippen LogP contribution in [-0.2, 0) is 54.5 Å². The Bertz CT molecular complexity index is 1450. The van der Waals surface area contributed by atoms with Gasteiger partial charge < -0.3 is 28.1 Å². The van der Waals surface area contributed by atoms with E-state index in [1.54, 1.807) is 0 Å². The molecule has 0 aliphatic carbocycles. The minimum absolute atomic E-state index is 0.0375. The molecule has 1 saturated heterocycles. The summed E-state index contributed by atoms with van der Waals surface area (Å²) < 4.78 is 40.5. The Morgan fingerprint density at radius 3 is 1.28 bits per heavy atom. The normalized spacial score (nSPS) is 21.9. The van der Waals surface area contributed by atoms with E-state index in [1.165, 1.54) is 0 Å². The Hall–Kier alpha value is -3.14. The Balaban J connectivity index is 1.48. The van der Waals surface area contributed by atoms with Crippen molar-refractivity contribution >= 4 is 8.32 Å². The van der Waals surface area contributed by atoms with E-state index in [9.17, 15) is 0 Å². The van der Waals surface area contributed by atoms with Crippen LogP contribution in [-0.4, -0.2) is 45.6 Å². The van der Waals surface area contributed by atoms with E-state index in [0.717, 1.165) is 22.3 Å². The van der Waals surface area contributed by atoms with E-state index in [0.29, 0.717) is 33.0 Å². The SMILES string of the molecule is CC(C)(C)[Si](C)(C)OC[C@H]1O[C@@H](OCc2ccccc2)[C@H](OCc2ccccc2)[C@@H](OCc2ccccc2)[C@H]1OCc1ccccc1. The van der Waals surface area contributed by atoms with Crippen molar-refractivity contribution in [1.82, 2.24) is 0 Å². The maximum absolute atomic E-state index is 6.85. The van der Waals surface area contributed by atoms with Gasteiger partial charge in [-0.1, -0.05) is 142 Å². The lowest BCUT2D eigenvalue weighted by Gasteiger charge is -2.47. The average Bonchev–Trinajstić information content (AvgIpc) is 3.09. The van der Waals surface area contributed by atoms with Crippen LogP contribution in [0.2, 0.25) is 18.1 Å². The summed E-state index contributed by atoms with van der Waals surface area (Å²) in [6.45, 7) is 13.1. The molecule has 4 aromatic carbocycles. The first kappa shape index (κ1) is 35.2. The predicted octanol–water partition coefficient (Wildman–Crippen LogP) is 8.71. The minimum atomic E-state index is -2.12. The van der Waals surface area contributed by atoms with Crippen LogP contribution in [0, 0.1) is 0 Å². The van der Waals surface area contributed by atoms with E-state index in [2.05, 4.69) is 82.4 Å². The average molecular weight is 655 g/mol. The van der Waals surface area contributed by atoms with E-state index >= 15 is 0 Å². The van der Waals surface area contributed by atoms with Crippen LogP contribution in [0.25, 0.3) is 0 Å². The van der Waals surface area contributed by atoms with Crippen LogP contribution in [0.3, 0.4) is 0 Å². The standard InChI is InChI=1S/C40H50O6Si/c1-40(2,3)47(4,5)45-30-35-36(41-26-31-18-10-6-11-19-31)37(42-27-32-20-12-7-13-21-32)38(43-28-33-22-14-8-15-23-33)39(46-35)44-29-34-24-16-9-17-25-34/h6-25,35-39H,26-30H2,1-5H3/t35-,36+,37+,38-,39-/m1/s1. The molecule has 5 atom stereocenters. The smallest absolute Gasteiger partial charge is 0.192 e. The zero-order valence-corrected chi connectivity index (χ0v) is 29.4. The minimum Gasteiger partial charge on any atom is -0.414 e. The highest BCUT2D eigenvalue weighted by molar-refractivity contribution is 6.74. The van der Waals surface area contributed by atoms with Gasteiger partial charge in [-0.25, -0.2) is 0 Å². The molecule has 0 aromatic heterocycles. The van der Waals surface area contributed by atoms with Crippen LogP contribution in [0.15, 0.2) is 121 Å². The van der Waals surface area contributed by atoms with Crippen molar-refractivity contribution in [2.24, 2.45) is 0 Å². The Labute approximate surface area is 282 Å². The Morgan fingerprint density at radius 1 is 0.511 bits per heavy atom. The number of rotatable bonds is 15. The highest BCUT2D eigenvalue weighted by atomic mass is 28.4. The molecule has 0 saturated carbocycles. The first-order valence-corrected chi connectivity index (χ1v) is 19.5. The summed E-state index contributed by atoms with van der Waals surface area (Å²) in [5, 5.41) is 0.0375. The molecule has 250 valence electrons. The van der Waals surface area contributed by atoms with Crippen molar-refractivity contribution in [2.75, 3.05) is 6.61 Å². The summed E-state index contributed by atoms with van der Waals surface area (Å²) in [4.78, 5) is 0. The first-order chi connectivity index (χ1) is 22.7. The second-order valence-electron chi connectivity index (χ2n) is 13.7. The summed E-state index contributed by atoms with van der Waals surface area (Å²) in [7, 11) is -2.12. The van der Waals surface area contributed by atoms with Crippen molar-refractivity contribution in [2.45, 2.75) is 96.0 Å². The quantitative estimate of drug-likeness (QED) is 0.120. The first-order valence-electron chi connectivity index (χ1n) is 16.6. The number of ether oxygens (including phenoxy) is 5. The van der Waals surface area contributed by atoms with Gasteiger partial charge in [0.1, 0.15) is 24.4 Å². The number of hydrogen-bond acceptors (Lipinski definition) is 6. The van der Waals surface area contributed by atoms with Gasteiger partial charge in [-0.3, -0.25) is 0 Å². The predicted molar refractivity (Wildman–Crippen MR) is 188 cm³/mol. The molecule has 1 fully saturated rings. The molecule has 0 bridgehead atoms. The monoisotopic (exact) mass is 654 g/mol. The molecule has 1 aliphatic rings. The zero-order valence-electron chi connectivity index (χ0n) is 28.4. The fourth-order valence-corrected chi connectivity index (χ4v) is 6.29. The van der Waals surface area contributed by atoms with Crippen molar-refractivity contribution in [3.63, 3.8) is 0 Å². The molecule has 0 radical (unpaired) electrons. The van der Waals surface area contributed by atoms with E-state index in [-0.39, 0.29) is 5.04 Å². The molecule has 47 heavy (non-hydrogen) atoms. The summed E-state index contributed by atoms with van der Waals surface area (Å²) in [6.07, 6.45) is -2.74. The molecule has 4 aromatic rings. The lowest BCUT2D eigenvalue weighted by Crippen LogP contribution is -2.62. The fraction of sp³-hybridized carbons (Fsp3) is 0.400. The molecular formula is C40H50O6Si. The second kappa shape index (κ2) is 16.8. The summed E-state index contributed by atoms with van der Waals surface area (Å²) in [5.74, 6) is 0. The maximum Gasteiger partial charge on any atom is 0.192 e. The van der Waals surface area contributed by atoms with Crippen LogP contribution >= 0.6 is 0 Å². The number of hydrogen-bond donors (Lipinski definition) is 0. The largest absolute Gasteiger partial charge is 0.414 e. The second-order valence-corrected chi connectivity index (χ2v) is 18.5. The molecule has 1 aliphatic heterocycles. The summed E-state index contributed by atoms with van der Waals surface area (Å²) in [6, 6.07) is 40.7. The molecule has 6 nitrogen and oxygen atoms in total. The van der Waals surface area contributed by atoms with Crippen molar-refractivity contribution in [3.8, 4) is 0 Å². The third-order valence-electron chi connectivity index (χ3n) is 9.12. The summed E-state index contributed by atoms with van der Waals surface area (Å²) >= 11 is 0. The third kappa shape index (κ3) is 10.2. The molecule has 1 heterocycles. The topological polar surface area (TPSA) is 55.4 Å². The fourth-order valence-electron chi connectivity index (χ4n) is 5.27. The van der Waals surface area contributed by atoms with Crippen LogP contribution in [0.1, 0.15) is 43.0 Å². The maximum atomic E-state index is 6.85. The van der Waals surface area contributed by atoms with Crippen molar-refractivity contribution in [1.29, 1.82) is 0 Å². The van der Waals surface area contributed by atoms with E-state index in [1.807, 2.05) is 72.8 Å². The van der Waals surface area contributed by atoms with Crippen LogP contribution in [0.5, 0.6) is 0 Å².